The molecule has 0 amide bonds. The normalized spacial score (nSPS) is 16.7. The molecule has 0 spiro atoms. The van der Waals surface area contributed by atoms with Crippen molar-refractivity contribution in [2.75, 3.05) is 33.3 Å². The lowest BCUT2D eigenvalue weighted by Gasteiger charge is -2.34. The van der Waals surface area contributed by atoms with Gasteiger partial charge in [0, 0.05) is 33.3 Å². The van der Waals surface area contributed by atoms with Crippen molar-refractivity contribution in [3.8, 4) is 0 Å². The van der Waals surface area contributed by atoms with Gasteiger partial charge in [0.1, 0.15) is 0 Å². The van der Waals surface area contributed by atoms with Crippen LogP contribution in [-0.4, -0.2) is 50.3 Å². The second-order valence-electron chi connectivity index (χ2n) is 6.87. The number of hydrogen-bond donors (Lipinski definition) is 1. The van der Waals surface area contributed by atoms with Crippen LogP contribution < -0.4 is 5.32 Å². The fourth-order valence-electron chi connectivity index (χ4n) is 3.22. The van der Waals surface area contributed by atoms with Gasteiger partial charge in [-0.1, -0.05) is 30.3 Å². The average Bonchev–Trinajstić information content (AvgIpc) is 2.60. The Kier molecular flexibility index (Phi) is 8.10. The average molecular weight is 332 g/mol. The number of nitrogens with zero attached hydrogens (tertiary/aromatic N) is 2. The predicted octanol–water partition coefficient (Wildman–Crippen LogP) is 3.33. The first-order valence-corrected chi connectivity index (χ1v) is 9.30. The summed E-state index contributed by atoms with van der Waals surface area (Å²) < 4.78 is 5.58. The van der Waals surface area contributed by atoms with E-state index in [1.807, 2.05) is 7.05 Å². The molecule has 1 fully saturated rings. The maximum Gasteiger partial charge on any atom is 0.193 e. The molecule has 24 heavy (non-hydrogen) atoms. The number of ether oxygens (including phenoxy) is 1. The SMILES string of the molecule is CN=C(NCCCOC(C)C)N1CCC(Cc2ccccc2)CC1. The van der Waals surface area contributed by atoms with Crippen molar-refractivity contribution in [2.45, 2.75) is 45.6 Å². The van der Waals surface area contributed by atoms with Gasteiger partial charge in [-0.2, -0.15) is 0 Å². The van der Waals surface area contributed by atoms with Gasteiger partial charge in [-0.05, 0) is 51.0 Å². The topological polar surface area (TPSA) is 36.9 Å². The van der Waals surface area contributed by atoms with Crippen LogP contribution >= 0.6 is 0 Å². The van der Waals surface area contributed by atoms with Crippen LogP contribution in [0.4, 0.5) is 0 Å². The molecule has 0 atom stereocenters. The Balaban J connectivity index is 1.68. The van der Waals surface area contributed by atoms with Gasteiger partial charge in [0.15, 0.2) is 5.96 Å². The minimum absolute atomic E-state index is 0.313. The molecule has 0 bridgehead atoms. The Hall–Kier alpha value is -1.55. The van der Waals surface area contributed by atoms with Gasteiger partial charge in [-0.3, -0.25) is 4.99 Å². The second-order valence-corrected chi connectivity index (χ2v) is 6.87. The zero-order valence-electron chi connectivity index (χ0n) is 15.5. The first kappa shape index (κ1) is 18.8. The summed E-state index contributed by atoms with van der Waals surface area (Å²) in [6.07, 6.45) is 5.01. The Morgan fingerprint density at radius 1 is 1.25 bits per heavy atom. The van der Waals surface area contributed by atoms with Gasteiger partial charge in [0.25, 0.3) is 0 Å². The van der Waals surface area contributed by atoms with E-state index in [1.54, 1.807) is 0 Å². The molecule has 0 saturated carbocycles. The summed E-state index contributed by atoms with van der Waals surface area (Å²) in [6, 6.07) is 10.9. The molecule has 0 radical (unpaired) electrons. The fourth-order valence-corrected chi connectivity index (χ4v) is 3.22. The van der Waals surface area contributed by atoms with Crippen molar-refractivity contribution < 1.29 is 4.74 Å². The van der Waals surface area contributed by atoms with E-state index >= 15 is 0 Å². The zero-order chi connectivity index (χ0) is 17.2. The molecule has 1 aliphatic rings. The van der Waals surface area contributed by atoms with E-state index in [1.165, 1.54) is 24.8 Å². The molecule has 2 rings (SSSR count). The van der Waals surface area contributed by atoms with E-state index < -0.39 is 0 Å². The largest absolute Gasteiger partial charge is 0.379 e. The first-order chi connectivity index (χ1) is 11.7. The zero-order valence-corrected chi connectivity index (χ0v) is 15.5. The van der Waals surface area contributed by atoms with Crippen molar-refractivity contribution in [3.05, 3.63) is 35.9 Å². The highest BCUT2D eigenvalue weighted by molar-refractivity contribution is 5.79. The van der Waals surface area contributed by atoms with Crippen molar-refractivity contribution in [1.82, 2.24) is 10.2 Å². The standard InChI is InChI=1S/C20H33N3O/c1-17(2)24-15-7-12-22-20(21-3)23-13-10-19(11-14-23)16-18-8-5-4-6-9-18/h4-6,8-9,17,19H,7,10-16H2,1-3H3,(H,21,22). The molecule has 1 aliphatic heterocycles. The Labute approximate surface area is 147 Å². The second kappa shape index (κ2) is 10.3. The number of likely N-dealkylation sites (tertiary alicyclic amines) is 1. The van der Waals surface area contributed by atoms with E-state index in [4.69, 9.17) is 4.74 Å². The number of piperidine rings is 1. The molecular weight excluding hydrogens is 298 g/mol. The highest BCUT2D eigenvalue weighted by atomic mass is 16.5. The molecule has 1 aromatic rings. The summed E-state index contributed by atoms with van der Waals surface area (Å²) in [5.41, 5.74) is 1.46. The maximum absolute atomic E-state index is 5.58. The Bertz CT molecular complexity index is 479. The summed E-state index contributed by atoms with van der Waals surface area (Å²) >= 11 is 0. The summed E-state index contributed by atoms with van der Waals surface area (Å²) in [5.74, 6) is 1.83. The smallest absolute Gasteiger partial charge is 0.193 e. The molecule has 1 saturated heterocycles. The van der Waals surface area contributed by atoms with Crippen molar-refractivity contribution in [3.63, 3.8) is 0 Å². The third-order valence-electron chi connectivity index (χ3n) is 4.55. The van der Waals surface area contributed by atoms with Gasteiger partial charge in [0.2, 0.25) is 0 Å². The van der Waals surface area contributed by atoms with Gasteiger partial charge in [0.05, 0.1) is 6.10 Å². The fraction of sp³-hybridized carbons (Fsp3) is 0.650. The number of benzene rings is 1. The monoisotopic (exact) mass is 331 g/mol. The van der Waals surface area contributed by atoms with Crippen LogP contribution in [0.1, 0.15) is 38.7 Å². The van der Waals surface area contributed by atoms with Crippen LogP contribution in [0.15, 0.2) is 35.3 Å². The summed E-state index contributed by atoms with van der Waals surface area (Å²) in [6.45, 7) is 8.07. The molecule has 1 N–H and O–H groups in total. The van der Waals surface area contributed by atoms with Crippen LogP contribution in [0.25, 0.3) is 0 Å². The molecule has 0 aliphatic carbocycles. The van der Waals surface area contributed by atoms with Crippen molar-refractivity contribution >= 4 is 5.96 Å². The van der Waals surface area contributed by atoms with Crippen LogP contribution in [0.2, 0.25) is 0 Å². The predicted molar refractivity (Wildman–Crippen MR) is 102 cm³/mol. The van der Waals surface area contributed by atoms with Crippen LogP contribution in [0, 0.1) is 5.92 Å². The van der Waals surface area contributed by atoms with Gasteiger partial charge < -0.3 is 15.0 Å². The molecule has 1 aromatic carbocycles. The number of hydrogen-bond acceptors (Lipinski definition) is 2. The van der Waals surface area contributed by atoms with E-state index in [9.17, 15) is 0 Å². The third kappa shape index (κ3) is 6.52. The molecule has 4 nitrogen and oxygen atoms in total. The Morgan fingerprint density at radius 2 is 1.96 bits per heavy atom. The summed E-state index contributed by atoms with van der Waals surface area (Å²) in [5, 5.41) is 3.47. The van der Waals surface area contributed by atoms with E-state index in [-0.39, 0.29) is 0 Å². The van der Waals surface area contributed by atoms with E-state index in [2.05, 4.69) is 59.4 Å². The highest BCUT2D eigenvalue weighted by Gasteiger charge is 2.21. The van der Waals surface area contributed by atoms with Crippen LogP contribution in [-0.2, 0) is 11.2 Å². The molecule has 4 heteroatoms. The first-order valence-electron chi connectivity index (χ1n) is 9.30. The summed E-state index contributed by atoms with van der Waals surface area (Å²) in [4.78, 5) is 6.84. The molecule has 1 heterocycles. The lowest BCUT2D eigenvalue weighted by Crippen LogP contribution is -2.46. The number of nitrogens with one attached hydrogen (secondary N) is 1. The van der Waals surface area contributed by atoms with Gasteiger partial charge in [-0.15, -0.1) is 0 Å². The van der Waals surface area contributed by atoms with Crippen LogP contribution in [0.5, 0.6) is 0 Å². The number of rotatable bonds is 7. The van der Waals surface area contributed by atoms with Crippen molar-refractivity contribution in [2.24, 2.45) is 10.9 Å². The maximum atomic E-state index is 5.58. The highest BCUT2D eigenvalue weighted by Crippen LogP contribution is 2.21. The quantitative estimate of drug-likeness (QED) is 0.473. The number of guanidine groups is 1. The van der Waals surface area contributed by atoms with Crippen LogP contribution in [0.3, 0.4) is 0 Å². The Morgan fingerprint density at radius 3 is 2.58 bits per heavy atom. The molecule has 134 valence electrons. The molecule has 0 aromatic heterocycles. The lowest BCUT2D eigenvalue weighted by molar-refractivity contribution is 0.0775. The summed E-state index contributed by atoms with van der Waals surface area (Å²) in [7, 11) is 1.88. The van der Waals surface area contributed by atoms with E-state index in [0.29, 0.717) is 6.10 Å². The molecular formula is C20H33N3O. The lowest BCUT2D eigenvalue weighted by atomic mass is 9.90. The van der Waals surface area contributed by atoms with Gasteiger partial charge in [-0.25, -0.2) is 0 Å². The minimum atomic E-state index is 0.313. The third-order valence-corrected chi connectivity index (χ3v) is 4.55. The number of aliphatic imine (C=N–C) groups is 1. The molecule has 0 unspecified atom stereocenters. The van der Waals surface area contributed by atoms with E-state index in [0.717, 1.165) is 44.5 Å². The van der Waals surface area contributed by atoms with Gasteiger partial charge >= 0.3 is 0 Å². The van der Waals surface area contributed by atoms with Crippen molar-refractivity contribution in [1.29, 1.82) is 0 Å². The minimum Gasteiger partial charge on any atom is -0.379 e.